The molecule has 0 aliphatic heterocycles. The van der Waals surface area contributed by atoms with Crippen molar-refractivity contribution in [3.63, 3.8) is 0 Å². The van der Waals surface area contributed by atoms with Crippen molar-refractivity contribution in [2.45, 2.75) is 98.5 Å². The van der Waals surface area contributed by atoms with Crippen molar-refractivity contribution in [2.75, 3.05) is 0 Å². The molecule has 2 heteroatoms. The molecule has 2 nitrogen and oxygen atoms in total. The van der Waals surface area contributed by atoms with Crippen LogP contribution < -0.4 is 0 Å². The van der Waals surface area contributed by atoms with E-state index in [9.17, 15) is 9.90 Å². The first kappa shape index (κ1) is 22.3. The fourth-order valence-electron chi connectivity index (χ4n) is 8.51. The van der Waals surface area contributed by atoms with Crippen LogP contribution in [0.5, 0.6) is 0 Å². The number of carbonyl (C=O) groups excluding carboxylic acids is 1. The number of allylic oxidation sites excluding steroid dienone is 2. The maximum atomic E-state index is 12.0. The second-order valence-corrected chi connectivity index (χ2v) is 12.1. The van der Waals surface area contributed by atoms with Gasteiger partial charge in [0, 0.05) is 6.42 Å². The van der Waals surface area contributed by atoms with Gasteiger partial charge >= 0.3 is 0 Å². The molecule has 0 aromatic heterocycles. The van der Waals surface area contributed by atoms with Crippen LogP contribution in [-0.4, -0.2) is 17.0 Å². The number of carbonyl (C=O) groups is 1. The molecule has 0 aromatic rings. The highest BCUT2D eigenvalue weighted by atomic mass is 16.3. The van der Waals surface area contributed by atoms with E-state index in [0.717, 1.165) is 43.4 Å². The summed E-state index contributed by atoms with van der Waals surface area (Å²) < 4.78 is 0. The number of rotatable bonds is 5. The van der Waals surface area contributed by atoms with Gasteiger partial charge in [-0.15, -0.1) is 0 Å². The van der Waals surface area contributed by atoms with Crippen molar-refractivity contribution in [1.82, 2.24) is 0 Å². The van der Waals surface area contributed by atoms with Crippen LogP contribution in [0.3, 0.4) is 0 Å². The zero-order chi connectivity index (χ0) is 21.8. The molecule has 4 aliphatic rings. The Morgan fingerprint density at radius 3 is 2.57 bits per heavy atom. The summed E-state index contributed by atoms with van der Waals surface area (Å²) in [4.78, 5) is 12.0. The van der Waals surface area contributed by atoms with Gasteiger partial charge < -0.3 is 5.11 Å². The molecule has 9 atom stereocenters. The Hall–Kier alpha value is -0.890. The summed E-state index contributed by atoms with van der Waals surface area (Å²) in [5.41, 5.74) is 3.28. The molecule has 4 rings (SSSR count). The third kappa shape index (κ3) is 3.46. The van der Waals surface area contributed by atoms with Crippen molar-refractivity contribution in [2.24, 2.45) is 46.3 Å². The van der Waals surface area contributed by atoms with Gasteiger partial charge in [-0.2, -0.15) is 0 Å². The predicted molar refractivity (Wildman–Crippen MR) is 124 cm³/mol. The standard InChI is InChI=1S/C28H44O2/c1-17(2)18(3)15-26(30)19(4)23-9-10-24-22-8-7-20-16-21(29)11-13-27(20,5)25(22)12-14-28(23,24)6/h16,18-19,22-26,30H,1,7-15H2,2-6H3/t18-,19-,22-,23+,24-,25-,26-,27-,28+/m0/s1. The average Bonchev–Trinajstić information content (AvgIpc) is 3.04. The third-order valence-corrected chi connectivity index (χ3v) is 10.7. The summed E-state index contributed by atoms with van der Waals surface area (Å²) in [6, 6.07) is 0. The van der Waals surface area contributed by atoms with Gasteiger partial charge in [0.05, 0.1) is 6.10 Å². The molecule has 0 radical (unpaired) electrons. The zero-order valence-electron chi connectivity index (χ0n) is 20.0. The van der Waals surface area contributed by atoms with Gasteiger partial charge in [0.1, 0.15) is 0 Å². The Morgan fingerprint density at radius 1 is 1.13 bits per heavy atom. The van der Waals surface area contributed by atoms with Crippen LogP contribution in [-0.2, 0) is 4.79 Å². The van der Waals surface area contributed by atoms with Crippen LogP contribution in [0.2, 0.25) is 0 Å². The fourth-order valence-corrected chi connectivity index (χ4v) is 8.51. The topological polar surface area (TPSA) is 37.3 Å². The first-order chi connectivity index (χ1) is 14.1. The van der Waals surface area contributed by atoms with Crippen LogP contribution >= 0.6 is 0 Å². The molecule has 3 fully saturated rings. The molecule has 0 aromatic carbocycles. The maximum Gasteiger partial charge on any atom is 0.155 e. The molecule has 0 heterocycles. The number of hydrogen-bond acceptors (Lipinski definition) is 2. The lowest BCUT2D eigenvalue weighted by Crippen LogP contribution is -2.51. The van der Waals surface area contributed by atoms with Gasteiger partial charge in [-0.3, -0.25) is 4.79 Å². The van der Waals surface area contributed by atoms with E-state index in [1.54, 1.807) is 0 Å². The van der Waals surface area contributed by atoms with Crippen LogP contribution in [0.15, 0.2) is 23.8 Å². The van der Waals surface area contributed by atoms with E-state index in [0.29, 0.717) is 29.0 Å². The van der Waals surface area contributed by atoms with Crippen molar-refractivity contribution in [3.8, 4) is 0 Å². The lowest BCUT2D eigenvalue weighted by Gasteiger charge is -2.58. The van der Waals surface area contributed by atoms with E-state index in [2.05, 4.69) is 41.2 Å². The van der Waals surface area contributed by atoms with E-state index < -0.39 is 0 Å². The minimum absolute atomic E-state index is 0.224. The SMILES string of the molecule is C=C(C)[C@@H](C)C[C@H](O)[C@@H](C)[C@H]1CC[C@H]2[C@@H]3CCC4=CC(=O)CC[C@]4(C)[C@H]3CC[C@]12C. The molecule has 0 unspecified atom stereocenters. The minimum Gasteiger partial charge on any atom is -0.393 e. The Labute approximate surface area is 184 Å². The molecule has 0 saturated heterocycles. The van der Waals surface area contributed by atoms with Gasteiger partial charge in [-0.05, 0) is 111 Å². The molecule has 1 N–H and O–H groups in total. The largest absolute Gasteiger partial charge is 0.393 e. The molecular weight excluding hydrogens is 368 g/mol. The second-order valence-electron chi connectivity index (χ2n) is 12.1. The highest BCUT2D eigenvalue weighted by molar-refractivity contribution is 5.91. The smallest absolute Gasteiger partial charge is 0.155 e. The normalized spacial score (nSPS) is 43.7. The Balaban J connectivity index is 1.52. The molecule has 0 amide bonds. The highest BCUT2D eigenvalue weighted by Crippen LogP contribution is 2.67. The summed E-state index contributed by atoms with van der Waals surface area (Å²) in [6.45, 7) is 15.7. The summed E-state index contributed by atoms with van der Waals surface area (Å²) in [7, 11) is 0. The van der Waals surface area contributed by atoms with Crippen LogP contribution in [0.1, 0.15) is 92.4 Å². The summed E-state index contributed by atoms with van der Waals surface area (Å²) in [6.07, 6.45) is 12.1. The molecule has 4 aliphatic carbocycles. The summed E-state index contributed by atoms with van der Waals surface area (Å²) in [5, 5.41) is 11.1. The van der Waals surface area contributed by atoms with Gasteiger partial charge in [0.2, 0.25) is 0 Å². The first-order valence-electron chi connectivity index (χ1n) is 12.6. The molecule has 3 saturated carbocycles. The number of aliphatic hydroxyl groups is 1. The van der Waals surface area contributed by atoms with Gasteiger partial charge in [-0.25, -0.2) is 0 Å². The first-order valence-corrected chi connectivity index (χ1v) is 12.6. The third-order valence-electron chi connectivity index (χ3n) is 10.7. The second kappa shape index (κ2) is 7.91. The lowest BCUT2D eigenvalue weighted by atomic mass is 9.46. The zero-order valence-corrected chi connectivity index (χ0v) is 20.0. The van der Waals surface area contributed by atoms with Gasteiger partial charge in [0.25, 0.3) is 0 Å². The van der Waals surface area contributed by atoms with E-state index in [4.69, 9.17) is 0 Å². The maximum absolute atomic E-state index is 12.0. The van der Waals surface area contributed by atoms with Crippen LogP contribution in [0.4, 0.5) is 0 Å². The monoisotopic (exact) mass is 412 g/mol. The van der Waals surface area contributed by atoms with E-state index in [1.165, 1.54) is 43.3 Å². The molecular formula is C28H44O2. The van der Waals surface area contributed by atoms with E-state index >= 15 is 0 Å². The van der Waals surface area contributed by atoms with Crippen molar-refractivity contribution < 1.29 is 9.90 Å². The van der Waals surface area contributed by atoms with Crippen molar-refractivity contribution in [3.05, 3.63) is 23.8 Å². The van der Waals surface area contributed by atoms with Crippen molar-refractivity contribution >= 4 is 5.78 Å². The Morgan fingerprint density at radius 2 is 1.87 bits per heavy atom. The number of ketones is 1. The fraction of sp³-hybridized carbons (Fsp3) is 0.821. The molecule has 0 bridgehead atoms. The average molecular weight is 413 g/mol. The number of fused-ring (bicyclic) bond motifs is 5. The molecule has 168 valence electrons. The van der Waals surface area contributed by atoms with Gasteiger partial charge in [0.15, 0.2) is 5.78 Å². The van der Waals surface area contributed by atoms with Crippen LogP contribution in [0.25, 0.3) is 0 Å². The molecule has 30 heavy (non-hydrogen) atoms. The Kier molecular flexibility index (Phi) is 5.88. The summed E-state index contributed by atoms with van der Waals surface area (Å²) in [5.74, 6) is 4.10. The minimum atomic E-state index is -0.224. The molecule has 0 spiro atoms. The number of hydrogen-bond donors (Lipinski definition) is 1. The quantitative estimate of drug-likeness (QED) is 0.508. The van der Waals surface area contributed by atoms with E-state index in [-0.39, 0.29) is 11.5 Å². The summed E-state index contributed by atoms with van der Waals surface area (Å²) >= 11 is 0. The Bertz CT molecular complexity index is 735. The highest BCUT2D eigenvalue weighted by Gasteiger charge is 2.59. The van der Waals surface area contributed by atoms with Crippen LogP contribution in [0, 0.1) is 46.3 Å². The van der Waals surface area contributed by atoms with E-state index in [1.807, 2.05) is 6.08 Å². The predicted octanol–water partition coefficient (Wildman–Crippen LogP) is 6.73. The van der Waals surface area contributed by atoms with Crippen molar-refractivity contribution in [1.29, 1.82) is 0 Å². The van der Waals surface area contributed by atoms with Gasteiger partial charge in [-0.1, -0.05) is 45.4 Å². The number of aliphatic hydroxyl groups excluding tert-OH is 1. The lowest BCUT2D eigenvalue weighted by molar-refractivity contribution is -0.117.